The Morgan fingerprint density at radius 2 is 1.67 bits per heavy atom. The van der Waals surface area contributed by atoms with Gasteiger partial charge in [0.15, 0.2) is 11.5 Å². The van der Waals surface area contributed by atoms with Gasteiger partial charge in [-0.15, -0.1) is 0 Å². The van der Waals surface area contributed by atoms with E-state index in [1.54, 1.807) is 39.1 Å². The number of imidazole rings is 1. The molecular weight excluding hydrogens is 328 g/mol. The molecule has 1 unspecified atom stereocenters. The molecule has 0 fully saturated rings. The Labute approximate surface area is 142 Å². The average Bonchev–Trinajstić information content (AvgIpc) is 3.11. The largest absolute Gasteiger partial charge is 0.609 e. The molecule has 24 heavy (non-hydrogen) atoms. The minimum Gasteiger partial charge on any atom is -0.609 e. The number of hydrogen-bond donors (Lipinski definition) is 1. The predicted molar refractivity (Wildman–Crippen MR) is 90.5 cm³/mol. The van der Waals surface area contributed by atoms with Crippen LogP contribution in [0.5, 0.6) is 11.5 Å². The van der Waals surface area contributed by atoms with Gasteiger partial charge in [0.25, 0.3) is 0 Å². The summed E-state index contributed by atoms with van der Waals surface area (Å²) in [5, 5.41) is 0.304. The monoisotopic (exact) mass is 344 g/mol. The highest BCUT2D eigenvalue weighted by molar-refractivity contribution is 7.90. The van der Waals surface area contributed by atoms with Crippen LogP contribution in [0.4, 0.5) is 0 Å². The highest BCUT2D eigenvalue weighted by Gasteiger charge is 2.12. The topological polar surface area (TPSA) is 96.0 Å². The number of methoxy groups -OCH3 is 2. The van der Waals surface area contributed by atoms with Crippen LogP contribution in [0.3, 0.4) is 0 Å². The van der Waals surface area contributed by atoms with Gasteiger partial charge < -0.3 is 19.0 Å². The van der Waals surface area contributed by atoms with Crippen LogP contribution in [0, 0.1) is 0 Å². The van der Waals surface area contributed by atoms with Gasteiger partial charge in [-0.05, 0) is 18.2 Å². The Hall–Kier alpha value is -2.58. The predicted octanol–water partition coefficient (Wildman–Crippen LogP) is 2.29. The summed E-state index contributed by atoms with van der Waals surface area (Å²) in [7, 11) is 3.18. The van der Waals surface area contributed by atoms with Crippen molar-refractivity contribution >= 4 is 11.2 Å². The summed E-state index contributed by atoms with van der Waals surface area (Å²) >= 11 is -1.20. The van der Waals surface area contributed by atoms with Crippen molar-refractivity contribution in [1.29, 1.82) is 0 Å². The fraction of sp³-hybridized carbons (Fsp3) is 0.188. The lowest BCUT2D eigenvalue weighted by Crippen LogP contribution is -2.03. The van der Waals surface area contributed by atoms with Crippen molar-refractivity contribution in [3.63, 3.8) is 0 Å². The lowest BCUT2D eigenvalue weighted by molar-refractivity contribution is 0.355. The first kappa shape index (κ1) is 16.3. The molecule has 1 atom stereocenters. The molecular formula is C16H16N4O3S. The maximum Gasteiger partial charge on any atom is 0.342 e. The minimum atomic E-state index is -1.20. The van der Waals surface area contributed by atoms with Crippen LogP contribution in [0.1, 0.15) is 0 Å². The van der Waals surface area contributed by atoms with Crippen LogP contribution in [0.2, 0.25) is 0 Å². The Bertz CT molecular complexity index is 834. The van der Waals surface area contributed by atoms with Crippen LogP contribution in [-0.2, 0) is 11.2 Å². The van der Waals surface area contributed by atoms with Crippen molar-refractivity contribution in [2.45, 2.75) is 5.16 Å². The molecule has 7 nitrogen and oxygen atoms in total. The first-order valence-corrected chi connectivity index (χ1v) is 8.61. The van der Waals surface area contributed by atoms with E-state index in [1.807, 2.05) is 18.2 Å². The Balaban J connectivity index is 1.90. The highest BCUT2D eigenvalue weighted by Crippen LogP contribution is 2.31. The number of benzene rings is 1. The summed E-state index contributed by atoms with van der Waals surface area (Å²) in [6, 6.07) is 5.57. The van der Waals surface area contributed by atoms with E-state index < -0.39 is 11.2 Å². The number of nitrogens with zero attached hydrogens (tertiary/aromatic N) is 3. The molecule has 0 saturated carbocycles. The molecule has 8 heteroatoms. The lowest BCUT2D eigenvalue weighted by Gasteiger charge is -2.08. The molecule has 0 aliphatic heterocycles. The molecule has 0 spiro atoms. The molecule has 0 saturated heterocycles. The van der Waals surface area contributed by atoms with Gasteiger partial charge in [0.05, 0.1) is 26.1 Å². The summed E-state index contributed by atoms with van der Waals surface area (Å²) < 4.78 is 21.9. The maximum atomic E-state index is 11.3. The number of aromatic amines is 1. The van der Waals surface area contributed by atoms with E-state index in [-0.39, 0.29) is 0 Å². The molecule has 2 aromatic heterocycles. The van der Waals surface area contributed by atoms with Crippen molar-refractivity contribution in [2.24, 2.45) is 0 Å². The molecule has 3 rings (SSSR count). The molecule has 0 radical (unpaired) electrons. The van der Waals surface area contributed by atoms with Gasteiger partial charge in [0, 0.05) is 34.7 Å². The second-order valence-electron chi connectivity index (χ2n) is 4.92. The summed E-state index contributed by atoms with van der Waals surface area (Å²) in [6.45, 7) is 0. The second kappa shape index (κ2) is 6.90. The molecule has 3 aromatic rings. The first-order chi connectivity index (χ1) is 11.6. The van der Waals surface area contributed by atoms with Crippen molar-refractivity contribution in [1.82, 2.24) is 19.9 Å². The molecule has 0 bridgehead atoms. The van der Waals surface area contributed by atoms with Crippen molar-refractivity contribution in [3.8, 4) is 34.1 Å². The van der Waals surface area contributed by atoms with Crippen LogP contribution in [0.15, 0.2) is 41.9 Å². The van der Waals surface area contributed by atoms with E-state index >= 15 is 0 Å². The molecule has 0 aliphatic carbocycles. The van der Waals surface area contributed by atoms with Crippen molar-refractivity contribution in [2.75, 3.05) is 20.5 Å². The van der Waals surface area contributed by atoms with Gasteiger partial charge in [-0.3, -0.25) is 0 Å². The van der Waals surface area contributed by atoms with Gasteiger partial charge in [-0.2, -0.15) is 9.97 Å². The minimum absolute atomic E-state index is 0.304. The number of nitrogens with one attached hydrogen (secondary N) is 1. The van der Waals surface area contributed by atoms with Crippen LogP contribution < -0.4 is 9.47 Å². The summed E-state index contributed by atoms with van der Waals surface area (Å²) in [4.78, 5) is 15.8. The van der Waals surface area contributed by atoms with E-state index in [2.05, 4.69) is 19.9 Å². The lowest BCUT2D eigenvalue weighted by atomic mass is 10.2. The van der Waals surface area contributed by atoms with E-state index in [1.165, 1.54) is 0 Å². The zero-order valence-corrected chi connectivity index (χ0v) is 14.3. The highest BCUT2D eigenvalue weighted by atomic mass is 32.2. The third-order valence-corrected chi connectivity index (χ3v) is 4.15. The Kier molecular flexibility index (Phi) is 4.68. The fourth-order valence-corrected chi connectivity index (χ4v) is 2.60. The summed E-state index contributed by atoms with van der Waals surface area (Å²) in [5.41, 5.74) is 2.41. The summed E-state index contributed by atoms with van der Waals surface area (Å²) in [6.07, 6.45) is 6.49. The standard InChI is InChI=1S/C16H16N4O3S/c1-22-13-5-4-10(6-14(13)23-2)15-17-9-12(20-15)11-7-18-16(19-8-11)24(3)21/h4-9H,1-3H3,(H,17,20). The third kappa shape index (κ3) is 3.19. The molecule has 0 amide bonds. The van der Waals surface area contributed by atoms with E-state index in [4.69, 9.17) is 9.47 Å². The maximum absolute atomic E-state index is 11.3. The van der Waals surface area contributed by atoms with E-state index in [9.17, 15) is 4.55 Å². The zero-order chi connectivity index (χ0) is 17.1. The smallest absolute Gasteiger partial charge is 0.342 e. The molecule has 2 heterocycles. The molecule has 124 valence electrons. The number of aromatic nitrogens is 4. The van der Waals surface area contributed by atoms with Crippen LogP contribution >= 0.6 is 0 Å². The first-order valence-electron chi connectivity index (χ1n) is 7.05. The zero-order valence-electron chi connectivity index (χ0n) is 13.4. The van der Waals surface area contributed by atoms with Gasteiger partial charge in [0.2, 0.25) is 0 Å². The average molecular weight is 344 g/mol. The summed E-state index contributed by atoms with van der Waals surface area (Å²) in [5.74, 6) is 1.98. The van der Waals surface area contributed by atoms with Gasteiger partial charge in [-0.1, -0.05) is 0 Å². The molecule has 0 aliphatic rings. The number of H-pyrrole nitrogens is 1. The molecule has 1 N–H and O–H groups in total. The van der Waals surface area contributed by atoms with Crippen LogP contribution in [0.25, 0.3) is 22.6 Å². The normalized spacial score (nSPS) is 12.0. The SMILES string of the molecule is COc1ccc(-c2ncc(-c3cnc([S+](C)[O-])nc3)[nH]2)cc1OC. The Morgan fingerprint density at radius 3 is 2.29 bits per heavy atom. The van der Waals surface area contributed by atoms with E-state index in [0.717, 1.165) is 16.8 Å². The van der Waals surface area contributed by atoms with Crippen molar-refractivity contribution < 1.29 is 14.0 Å². The van der Waals surface area contributed by atoms with Gasteiger partial charge in [-0.25, -0.2) is 4.98 Å². The number of ether oxygens (including phenoxy) is 2. The third-order valence-electron chi connectivity index (χ3n) is 3.43. The Morgan fingerprint density at radius 1 is 0.958 bits per heavy atom. The van der Waals surface area contributed by atoms with Gasteiger partial charge >= 0.3 is 5.16 Å². The van der Waals surface area contributed by atoms with Gasteiger partial charge in [0.1, 0.15) is 12.1 Å². The molecule has 1 aromatic carbocycles. The van der Waals surface area contributed by atoms with Crippen molar-refractivity contribution in [3.05, 3.63) is 36.8 Å². The second-order valence-corrected chi connectivity index (χ2v) is 6.20. The quantitative estimate of drug-likeness (QED) is 0.563. The van der Waals surface area contributed by atoms with E-state index in [0.29, 0.717) is 22.5 Å². The number of rotatable bonds is 5. The fourth-order valence-electron chi connectivity index (χ4n) is 2.20. The number of hydrogen-bond acceptors (Lipinski definition) is 6. The van der Waals surface area contributed by atoms with Crippen LogP contribution in [-0.4, -0.2) is 45.0 Å².